The van der Waals surface area contributed by atoms with Crippen molar-refractivity contribution in [1.82, 2.24) is 19.1 Å². The highest BCUT2D eigenvalue weighted by Crippen LogP contribution is 2.23. The second kappa shape index (κ2) is 10.5. The van der Waals surface area contributed by atoms with Gasteiger partial charge in [0.2, 0.25) is 5.91 Å². The lowest BCUT2D eigenvalue weighted by atomic mass is 10.2. The van der Waals surface area contributed by atoms with E-state index in [1.807, 2.05) is 72.3 Å². The van der Waals surface area contributed by atoms with E-state index >= 15 is 0 Å². The Morgan fingerprint density at radius 1 is 1.14 bits per heavy atom. The summed E-state index contributed by atoms with van der Waals surface area (Å²) >= 11 is 1.26. The second-order valence-corrected chi connectivity index (χ2v) is 8.85. The van der Waals surface area contributed by atoms with Gasteiger partial charge in [0.25, 0.3) is 5.56 Å². The van der Waals surface area contributed by atoms with E-state index in [-0.39, 0.29) is 36.3 Å². The summed E-state index contributed by atoms with van der Waals surface area (Å²) in [7, 11) is 0. The molecule has 180 valence electrons. The van der Waals surface area contributed by atoms with Gasteiger partial charge in [0, 0.05) is 24.6 Å². The number of amides is 1. The molecule has 0 saturated carbocycles. The predicted octanol–water partition coefficient (Wildman–Crippen LogP) is 2.81. The van der Waals surface area contributed by atoms with Crippen LogP contribution in [0.25, 0.3) is 5.69 Å². The summed E-state index contributed by atoms with van der Waals surface area (Å²) in [5, 5.41) is 0.649. The lowest BCUT2D eigenvalue weighted by Gasteiger charge is -2.23. The topological polar surface area (TPSA) is 119 Å². The minimum atomic E-state index is -0.696. The summed E-state index contributed by atoms with van der Waals surface area (Å²) in [4.78, 5) is 46.4. The number of aryl methyl sites for hydroxylation is 1. The molecule has 0 aliphatic carbocycles. The molecule has 0 unspecified atom stereocenters. The van der Waals surface area contributed by atoms with Crippen molar-refractivity contribution in [3.63, 3.8) is 0 Å². The Bertz CT molecular complexity index is 1460. The van der Waals surface area contributed by atoms with Gasteiger partial charge in [0.15, 0.2) is 10.8 Å². The number of hydrogen-bond acceptors (Lipinski definition) is 6. The van der Waals surface area contributed by atoms with E-state index in [9.17, 15) is 14.4 Å². The Morgan fingerprint density at radius 2 is 1.91 bits per heavy atom. The Kier molecular flexibility index (Phi) is 7.21. The number of aromatic amines is 1. The lowest BCUT2D eigenvalue weighted by molar-refractivity contribution is -0.116. The molecule has 9 nitrogen and oxygen atoms in total. The smallest absolute Gasteiger partial charge is 0.330 e. The van der Waals surface area contributed by atoms with Crippen LogP contribution in [0.1, 0.15) is 18.1 Å². The quantitative estimate of drug-likeness (QED) is 0.367. The first-order valence-electron chi connectivity index (χ1n) is 11.1. The third-order valence-electron chi connectivity index (χ3n) is 5.50. The molecule has 0 atom stereocenters. The lowest BCUT2D eigenvalue weighted by Crippen LogP contribution is -2.41. The standard InChI is InChI=1S/C25H26N6O3S/c1-3-29(20(32)16-35-25-27-12-13-30(25)19-11-7-8-17(2)14-19)21-22(26)31(24(34)28-23(21)33)15-18-9-5-4-6-10-18/h4-14H,3,15-16,26H2,1-2H3,(H,28,33,34). The Morgan fingerprint density at radius 3 is 2.63 bits per heavy atom. The molecule has 0 aliphatic rings. The van der Waals surface area contributed by atoms with Gasteiger partial charge in [0.05, 0.1) is 12.3 Å². The van der Waals surface area contributed by atoms with Crippen molar-refractivity contribution in [2.75, 3.05) is 22.9 Å². The minimum Gasteiger partial charge on any atom is -0.383 e. The van der Waals surface area contributed by atoms with Crippen molar-refractivity contribution in [3.8, 4) is 5.69 Å². The SMILES string of the molecule is CCN(C(=O)CSc1nccn1-c1cccc(C)c1)c1c(N)n(Cc2ccccc2)c(=O)[nH]c1=O. The average molecular weight is 491 g/mol. The van der Waals surface area contributed by atoms with E-state index in [2.05, 4.69) is 9.97 Å². The fraction of sp³-hybridized carbons (Fsp3) is 0.200. The summed E-state index contributed by atoms with van der Waals surface area (Å²) in [6, 6.07) is 17.2. The van der Waals surface area contributed by atoms with E-state index in [1.165, 1.54) is 21.2 Å². The van der Waals surface area contributed by atoms with Crippen LogP contribution in [0.4, 0.5) is 11.5 Å². The maximum atomic E-state index is 13.2. The number of aromatic nitrogens is 4. The van der Waals surface area contributed by atoms with Crippen molar-refractivity contribution >= 4 is 29.2 Å². The molecule has 0 saturated heterocycles. The maximum absolute atomic E-state index is 13.2. The van der Waals surface area contributed by atoms with Crippen LogP contribution in [0.3, 0.4) is 0 Å². The predicted molar refractivity (Wildman–Crippen MR) is 138 cm³/mol. The number of carbonyl (C=O) groups excluding carboxylic acids is 1. The van der Waals surface area contributed by atoms with Gasteiger partial charge in [-0.05, 0) is 37.1 Å². The van der Waals surface area contributed by atoms with Crippen LogP contribution in [0.5, 0.6) is 0 Å². The summed E-state index contributed by atoms with van der Waals surface area (Å²) in [5.74, 6) is -0.338. The molecule has 0 fully saturated rings. The number of rotatable bonds is 8. The number of imidazole rings is 1. The number of benzene rings is 2. The molecule has 0 spiro atoms. The largest absolute Gasteiger partial charge is 0.383 e. The third-order valence-corrected chi connectivity index (χ3v) is 6.45. The Balaban J connectivity index is 1.58. The molecule has 0 aliphatic heterocycles. The van der Waals surface area contributed by atoms with E-state index in [0.29, 0.717) is 5.16 Å². The number of carbonyl (C=O) groups is 1. The van der Waals surface area contributed by atoms with Crippen LogP contribution in [0, 0.1) is 6.92 Å². The molecule has 2 aromatic carbocycles. The minimum absolute atomic E-state index is 0.0318. The molecule has 3 N–H and O–H groups in total. The molecule has 0 bridgehead atoms. The molecule has 2 heterocycles. The van der Waals surface area contributed by atoms with Crippen molar-refractivity contribution in [3.05, 3.63) is 99.0 Å². The van der Waals surface area contributed by atoms with Gasteiger partial charge in [-0.3, -0.25) is 23.7 Å². The van der Waals surface area contributed by atoms with Crippen molar-refractivity contribution in [1.29, 1.82) is 0 Å². The number of anilines is 2. The number of nitrogen functional groups attached to an aromatic ring is 1. The summed E-state index contributed by atoms with van der Waals surface area (Å²) in [6.07, 6.45) is 3.51. The van der Waals surface area contributed by atoms with Crippen molar-refractivity contribution in [2.24, 2.45) is 0 Å². The van der Waals surface area contributed by atoms with E-state index < -0.39 is 11.2 Å². The summed E-state index contributed by atoms with van der Waals surface area (Å²) in [6.45, 7) is 4.14. The van der Waals surface area contributed by atoms with Gasteiger partial charge in [-0.1, -0.05) is 54.2 Å². The van der Waals surface area contributed by atoms with Crippen LogP contribution in [-0.4, -0.2) is 37.3 Å². The van der Waals surface area contributed by atoms with Crippen LogP contribution in [-0.2, 0) is 11.3 Å². The fourth-order valence-electron chi connectivity index (χ4n) is 3.80. The number of thioether (sulfide) groups is 1. The van der Waals surface area contributed by atoms with E-state index in [0.717, 1.165) is 16.8 Å². The average Bonchev–Trinajstić information content (AvgIpc) is 3.32. The second-order valence-electron chi connectivity index (χ2n) is 7.91. The first-order chi connectivity index (χ1) is 16.9. The number of nitrogens with zero attached hydrogens (tertiary/aromatic N) is 4. The number of nitrogens with one attached hydrogen (secondary N) is 1. The monoisotopic (exact) mass is 490 g/mol. The van der Waals surface area contributed by atoms with Crippen molar-refractivity contribution in [2.45, 2.75) is 25.5 Å². The van der Waals surface area contributed by atoms with Gasteiger partial charge in [-0.15, -0.1) is 0 Å². The zero-order chi connectivity index (χ0) is 24.9. The Labute approximate surface area is 206 Å². The zero-order valence-corrected chi connectivity index (χ0v) is 20.3. The van der Waals surface area contributed by atoms with Gasteiger partial charge < -0.3 is 10.6 Å². The number of H-pyrrole nitrogens is 1. The normalized spacial score (nSPS) is 10.9. The van der Waals surface area contributed by atoms with Gasteiger partial charge >= 0.3 is 5.69 Å². The highest BCUT2D eigenvalue weighted by molar-refractivity contribution is 7.99. The summed E-state index contributed by atoms with van der Waals surface area (Å²) in [5.41, 5.74) is 7.82. The van der Waals surface area contributed by atoms with Gasteiger partial charge in [0.1, 0.15) is 5.82 Å². The third kappa shape index (κ3) is 5.22. The molecule has 4 aromatic rings. The fourth-order valence-corrected chi connectivity index (χ4v) is 4.64. The van der Waals surface area contributed by atoms with Gasteiger partial charge in [-0.2, -0.15) is 0 Å². The van der Waals surface area contributed by atoms with E-state index in [1.54, 1.807) is 13.1 Å². The van der Waals surface area contributed by atoms with Crippen LogP contribution >= 0.6 is 11.8 Å². The molecular formula is C25H26N6O3S. The number of hydrogen-bond donors (Lipinski definition) is 2. The highest BCUT2D eigenvalue weighted by Gasteiger charge is 2.23. The molecule has 10 heteroatoms. The van der Waals surface area contributed by atoms with Crippen LogP contribution in [0.2, 0.25) is 0 Å². The van der Waals surface area contributed by atoms with Crippen molar-refractivity contribution < 1.29 is 4.79 Å². The molecule has 1 amide bonds. The van der Waals surface area contributed by atoms with Crippen LogP contribution < -0.4 is 21.9 Å². The zero-order valence-electron chi connectivity index (χ0n) is 19.5. The maximum Gasteiger partial charge on any atom is 0.330 e. The molecular weight excluding hydrogens is 464 g/mol. The van der Waals surface area contributed by atoms with Crippen LogP contribution in [0.15, 0.2) is 81.7 Å². The van der Waals surface area contributed by atoms with E-state index in [4.69, 9.17) is 5.73 Å². The molecule has 4 rings (SSSR count). The Hall–Kier alpha value is -4.05. The number of nitrogens with two attached hydrogens (primary N) is 1. The first-order valence-corrected chi connectivity index (χ1v) is 12.1. The molecule has 0 radical (unpaired) electrons. The molecule has 35 heavy (non-hydrogen) atoms. The first kappa shape index (κ1) is 24.1. The van der Waals surface area contributed by atoms with Gasteiger partial charge in [-0.25, -0.2) is 9.78 Å². The molecule has 2 aromatic heterocycles. The highest BCUT2D eigenvalue weighted by atomic mass is 32.2. The summed E-state index contributed by atoms with van der Waals surface area (Å²) < 4.78 is 3.17.